The zero-order valence-corrected chi connectivity index (χ0v) is 11.7. The number of hydrogen-bond acceptors (Lipinski definition) is 3. The van der Waals surface area contributed by atoms with Crippen molar-refractivity contribution in [2.24, 2.45) is 0 Å². The number of carboxylic acids is 1. The number of aliphatic carboxylic acids is 1. The van der Waals surface area contributed by atoms with Crippen molar-refractivity contribution in [3.63, 3.8) is 0 Å². The predicted octanol–water partition coefficient (Wildman–Crippen LogP) is 3.12. The van der Waals surface area contributed by atoms with Crippen molar-refractivity contribution in [3.8, 4) is 0 Å². The Hall–Kier alpha value is -0.810. The molecule has 4 nitrogen and oxygen atoms in total. The second-order valence-corrected chi connectivity index (χ2v) is 5.11. The molecule has 0 atom stereocenters. The normalized spacial score (nSPS) is 11.4. The average molecular weight is 304 g/mol. The quantitative estimate of drug-likeness (QED) is 0.841. The van der Waals surface area contributed by atoms with E-state index in [1.165, 1.54) is 0 Å². The van der Waals surface area contributed by atoms with Gasteiger partial charge in [0.1, 0.15) is 5.76 Å². The molecule has 0 aliphatic heterocycles. The highest BCUT2D eigenvalue weighted by Crippen LogP contribution is 2.20. The Morgan fingerprint density at radius 1 is 1.59 bits per heavy atom. The summed E-state index contributed by atoms with van der Waals surface area (Å²) in [4.78, 5) is 12.7. The fourth-order valence-corrected chi connectivity index (χ4v) is 1.90. The molecule has 1 aromatic rings. The van der Waals surface area contributed by atoms with E-state index in [4.69, 9.17) is 9.52 Å². The first-order valence-electron chi connectivity index (χ1n) is 5.68. The van der Waals surface area contributed by atoms with Gasteiger partial charge in [-0.05, 0) is 48.8 Å². The third-order valence-corrected chi connectivity index (χ3v) is 3.31. The fraction of sp³-hybridized carbons (Fsp3) is 0.583. The summed E-state index contributed by atoms with van der Waals surface area (Å²) in [7, 11) is 0. The molecule has 0 spiro atoms. The smallest absolute Gasteiger partial charge is 0.303 e. The molecule has 0 saturated heterocycles. The summed E-state index contributed by atoms with van der Waals surface area (Å²) in [5, 5.41) is 8.62. The second-order valence-electron chi connectivity index (χ2n) is 4.25. The van der Waals surface area contributed by atoms with Crippen molar-refractivity contribution >= 4 is 21.9 Å². The molecular weight excluding hydrogens is 286 g/mol. The third-order valence-electron chi connectivity index (χ3n) is 2.60. The summed E-state index contributed by atoms with van der Waals surface area (Å²) in [5.41, 5.74) is 0. The van der Waals surface area contributed by atoms with Gasteiger partial charge in [-0.1, -0.05) is 0 Å². The Bertz CT molecular complexity index is 362. The zero-order valence-electron chi connectivity index (χ0n) is 10.1. The van der Waals surface area contributed by atoms with Gasteiger partial charge in [0.15, 0.2) is 0 Å². The van der Waals surface area contributed by atoms with E-state index in [9.17, 15) is 4.79 Å². The van der Waals surface area contributed by atoms with Gasteiger partial charge in [0.2, 0.25) is 0 Å². The minimum absolute atomic E-state index is 0.211. The molecule has 0 bridgehead atoms. The van der Waals surface area contributed by atoms with Crippen molar-refractivity contribution in [1.82, 2.24) is 4.90 Å². The van der Waals surface area contributed by atoms with Crippen molar-refractivity contribution in [2.75, 3.05) is 6.54 Å². The maximum atomic E-state index is 10.5. The zero-order chi connectivity index (χ0) is 12.8. The Labute approximate surface area is 110 Å². The molecule has 96 valence electrons. The van der Waals surface area contributed by atoms with E-state index in [2.05, 4.69) is 34.7 Å². The molecule has 0 aromatic carbocycles. The molecule has 1 N–H and O–H groups in total. The lowest BCUT2D eigenvalue weighted by molar-refractivity contribution is -0.137. The summed E-state index contributed by atoms with van der Waals surface area (Å²) in [5.74, 6) is 0.141. The van der Waals surface area contributed by atoms with E-state index in [1.807, 2.05) is 6.07 Å². The van der Waals surface area contributed by atoms with Crippen LogP contribution in [0.1, 0.15) is 32.4 Å². The van der Waals surface area contributed by atoms with Gasteiger partial charge in [-0.3, -0.25) is 9.69 Å². The van der Waals surface area contributed by atoms with Crippen LogP contribution in [0.15, 0.2) is 21.2 Å². The molecule has 1 rings (SSSR count). The van der Waals surface area contributed by atoms with Gasteiger partial charge >= 0.3 is 5.97 Å². The molecule has 5 heteroatoms. The van der Waals surface area contributed by atoms with E-state index < -0.39 is 5.97 Å². The van der Waals surface area contributed by atoms with Gasteiger partial charge in [-0.25, -0.2) is 0 Å². The van der Waals surface area contributed by atoms with Crippen molar-refractivity contribution in [2.45, 2.75) is 39.3 Å². The lowest BCUT2D eigenvalue weighted by Crippen LogP contribution is -2.31. The van der Waals surface area contributed by atoms with Gasteiger partial charge in [0.25, 0.3) is 0 Å². The molecular formula is C12H18BrNO3. The minimum Gasteiger partial charge on any atom is -0.481 e. The van der Waals surface area contributed by atoms with Crippen LogP contribution in [0.25, 0.3) is 0 Å². The van der Waals surface area contributed by atoms with Crippen LogP contribution in [0.3, 0.4) is 0 Å². The van der Waals surface area contributed by atoms with Crippen LogP contribution >= 0.6 is 15.9 Å². The molecule has 0 radical (unpaired) electrons. The molecule has 1 heterocycles. The van der Waals surface area contributed by atoms with Crippen LogP contribution in [0.2, 0.25) is 0 Å². The van der Waals surface area contributed by atoms with Crippen molar-refractivity contribution in [1.29, 1.82) is 0 Å². The Morgan fingerprint density at radius 2 is 2.29 bits per heavy atom. The average Bonchev–Trinajstić information content (AvgIpc) is 2.62. The number of rotatable bonds is 7. The first kappa shape index (κ1) is 14.3. The van der Waals surface area contributed by atoms with E-state index in [-0.39, 0.29) is 6.42 Å². The molecule has 0 amide bonds. The number of nitrogens with zero attached hydrogens (tertiary/aromatic N) is 1. The Kier molecular flexibility index (Phi) is 5.71. The first-order valence-corrected chi connectivity index (χ1v) is 6.47. The first-order chi connectivity index (χ1) is 8.00. The standard InChI is InChI=1S/C12H18BrNO3/c1-9(2)14(6-3-4-12(15)16)8-11-10(13)5-7-17-11/h5,7,9H,3-4,6,8H2,1-2H3,(H,15,16). The molecule has 0 aliphatic carbocycles. The SMILES string of the molecule is CC(C)N(CCCC(=O)O)Cc1occc1Br. The highest BCUT2D eigenvalue weighted by atomic mass is 79.9. The minimum atomic E-state index is -0.743. The van der Waals surface area contributed by atoms with Gasteiger partial charge in [-0.15, -0.1) is 0 Å². The molecule has 0 saturated carbocycles. The number of furan rings is 1. The van der Waals surface area contributed by atoms with Crippen LogP contribution in [-0.4, -0.2) is 28.6 Å². The van der Waals surface area contributed by atoms with Crippen LogP contribution in [0.4, 0.5) is 0 Å². The van der Waals surface area contributed by atoms with Gasteiger partial charge in [0, 0.05) is 12.5 Å². The van der Waals surface area contributed by atoms with Gasteiger partial charge in [0.05, 0.1) is 17.3 Å². The maximum absolute atomic E-state index is 10.5. The maximum Gasteiger partial charge on any atom is 0.303 e. The largest absolute Gasteiger partial charge is 0.481 e. The predicted molar refractivity (Wildman–Crippen MR) is 68.8 cm³/mol. The molecule has 0 fully saturated rings. The van der Waals surface area contributed by atoms with Gasteiger partial charge < -0.3 is 9.52 Å². The van der Waals surface area contributed by atoms with Crippen LogP contribution in [-0.2, 0) is 11.3 Å². The molecule has 0 aliphatic rings. The van der Waals surface area contributed by atoms with E-state index in [0.717, 1.165) is 16.8 Å². The molecule has 17 heavy (non-hydrogen) atoms. The topological polar surface area (TPSA) is 53.7 Å². The van der Waals surface area contributed by atoms with Crippen molar-refractivity contribution in [3.05, 3.63) is 22.6 Å². The molecule has 0 unspecified atom stereocenters. The summed E-state index contributed by atoms with van der Waals surface area (Å²) in [6.07, 6.45) is 2.52. The summed E-state index contributed by atoms with van der Waals surface area (Å²) >= 11 is 3.42. The van der Waals surface area contributed by atoms with Gasteiger partial charge in [-0.2, -0.15) is 0 Å². The van der Waals surface area contributed by atoms with E-state index in [0.29, 0.717) is 19.0 Å². The lowest BCUT2D eigenvalue weighted by Gasteiger charge is -2.25. The monoisotopic (exact) mass is 303 g/mol. The number of carboxylic acid groups (broad SMARTS) is 1. The highest BCUT2D eigenvalue weighted by Gasteiger charge is 2.14. The Balaban J connectivity index is 2.49. The number of carbonyl (C=O) groups is 1. The lowest BCUT2D eigenvalue weighted by atomic mass is 10.2. The number of halogens is 1. The third kappa shape index (κ3) is 4.91. The number of hydrogen-bond donors (Lipinski definition) is 1. The summed E-state index contributed by atoms with van der Waals surface area (Å²) < 4.78 is 6.33. The van der Waals surface area contributed by atoms with E-state index in [1.54, 1.807) is 6.26 Å². The molecule has 1 aromatic heterocycles. The van der Waals surface area contributed by atoms with E-state index >= 15 is 0 Å². The Morgan fingerprint density at radius 3 is 2.76 bits per heavy atom. The second kappa shape index (κ2) is 6.81. The summed E-state index contributed by atoms with van der Waals surface area (Å²) in [6, 6.07) is 2.23. The van der Waals surface area contributed by atoms with Crippen molar-refractivity contribution < 1.29 is 14.3 Å². The van der Waals surface area contributed by atoms with Crippen LogP contribution in [0, 0.1) is 0 Å². The van der Waals surface area contributed by atoms with Crippen LogP contribution < -0.4 is 0 Å². The highest BCUT2D eigenvalue weighted by molar-refractivity contribution is 9.10. The van der Waals surface area contributed by atoms with Crippen LogP contribution in [0.5, 0.6) is 0 Å². The fourth-order valence-electron chi connectivity index (χ4n) is 1.58. The summed E-state index contributed by atoms with van der Waals surface area (Å²) in [6.45, 7) is 5.65.